The zero-order valence-corrected chi connectivity index (χ0v) is 42.7. The van der Waals surface area contributed by atoms with E-state index in [1.165, 1.54) is 13.8 Å². The highest BCUT2D eigenvalue weighted by atomic mass is 16.4. The third-order valence-electron chi connectivity index (χ3n) is 10.8. The second-order valence-electron chi connectivity index (χ2n) is 18.5. The summed E-state index contributed by atoms with van der Waals surface area (Å²) >= 11 is 0. The molecule has 0 aliphatic carbocycles. The van der Waals surface area contributed by atoms with E-state index in [1.54, 1.807) is 27.7 Å². The van der Waals surface area contributed by atoms with Gasteiger partial charge >= 0.3 is 5.97 Å². The summed E-state index contributed by atoms with van der Waals surface area (Å²) in [6, 6.07) is -13.7. The Bertz CT molecular complexity index is 1970. The van der Waals surface area contributed by atoms with E-state index < -0.39 is 176 Å². The number of aliphatic hydroxyl groups is 2. The van der Waals surface area contributed by atoms with E-state index >= 15 is 0 Å². The van der Waals surface area contributed by atoms with Crippen molar-refractivity contribution in [2.45, 2.75) is 154 Å². The van der Waals surface area contributed by atoms with Crippen LogP contribution >= 0.6 is 0 Å². The maximum atomic E-state index is 13.8. The second-order valence-corrected chi connectivity index (χ2v) is 18.5. The van der Waals surface area contributed by atoms with Crippen LogP contribution in [0.5, 0.6) is 0 Å². The van der Waals surface area contributed by atoms with Crippen molar-refractivity contribution in [1.29, 1.82) is 0 Å². The lowest BCUT2D eigenvalue weighted by Crippen LogP contribution is -2.62. The first-order valence-electron chi connectivity index (χ1n) is 23.9. The van der Waals surface area contributed by atoms with Crippen LogP contribution in [0.15, 0.2) is 0 Å². The number of unbranched alkanes of at least 4 members (excludes halogenated alkanes) is 1. The highest BCUT2D eigenvalue weighted by molar-refractivity contribution is 5.99. The molecule has 0 unspecified atom stereocenters. The number of nitrogens with one attached hydrogen (secondary N) is 9. The van der Waals surface area contributed by atoms with E-state index in [1.807, 2.05) is 5.32 Å². The molecular weight excluding hydrogens is 981 g/mol. The fourth-order valence-corrected chi connectivity index (χ4v) is 6.73. The lowest BCUT2D eigenvalue weighted by atomic mass is 9.99. The van der Waals surface area contributed by atoms with Gasteiger partial charge in [0.1, 0.15) is 54.9 Å². The molecule has 0 aromatic rings. The van der Waals surface area contributed by atoms with Gasteiger partial charge in [0.25, 0.3) is 0 Å². The SMILES string of the molecule is CC(C)C[C@H](NC(=O)[C@@H](N)CCC(N)=O)C(=O)N[C@H](C(=O)N[C@@H](CC(N)=O)C(=O)N[C@@H](CCCCN)C(=O)N[C@@H](CO)C(=O)N[C@H](C(=O)N[C@@H](CO)C(=O)N[C@@H](CCC(N)=O)C(=O)NCC(=O)O)C(C)C)C(C)C. The molecule has 30 nitrogen and oxygen atoms in total. The van der Waals surface area contributed by atoms with Crippen LogP contribution < -0.4 is 76.5 Å². The Hall–Kier alpha value is -7.05. The van der Waals surface area contributed by atoms with Crippen LogP contribution in [0, 0.1) is 17.8 Å². The number of nitrogens with two attached hydrogens (primary N) is 5. The number of aliphatic hydroxyl groups excluding tert-OH is 2. The topological polar surface area (TPSA) is 521 Å². The van der Waals surface area contributed by atoms with Gasteiger partial charge in [0.2, 0.25) is 70.9 Å². The minimum absolute atomic E-state index is 0.0948. The number of carbonyl (C=O) groups is 13. The first-order valence-corrected chi connectivity index (χ1v) is 23.9. The average Bonchev–Trinajstić information content (AvgIpc) is 3.30. The number of amides is 12. The Morgan fingerprint density at radius 2 is 0.838 bits per heavy atom. The minimum atomic E-state index is -1.80. The highest BCUT2D eigenvalue weighted by Gasteiger charge is 2.36. The van der Waals surface area contributed by atoms with Gasteiger partial charge in [0.05, 0.1) is 25.7 Å². The smallest absolute Gasteiger partial charge is 0.322 e. The molecule has 0 heterocycles. The Labute approximate surface area is 428 Å². The lowest BCUT2D eigenvalue weighted by molar-refractivity contribution is -0.139. The molecule has 12 amide bonds. The van der Waals surface area contributed by atoms with Gasteiger partial charge < -0.3 is 91.8 Å². The zero-order chi connectivity index (χ0) is 57.0. The van der Waals surface area contributed by atoms with E-state index in [-0.39, 0.29) is 51.0 Å². The molecule has 0 radical (unpaired) electrons. The van der Waals surface area contributed by atoms with Crippen LogP contribution in [0.3, 0.4) is 0 Å². The summed E-state index contributed by atoms with van der Waals surface area (Å²) in [6.45, 7) is 6.77. The molecular formula is C44H78N14O16. The summed E-state index contributed by atoms with van der Waals surface area (Å²) in [7, 11) is 0. The average molecular weight is 1060 g/mol. The maximum Gasteiger partial charge on any atom is 0.322 e. The third-order valence-corrected chi connectivity index (χ3v) is 10.8. The molecule has 30 heteroatoms. The van der Waals surface area contributed by atoms with Gasteiger partial charge in [-0.15, -0.1) is 0 Å². The molecule has 0 aliphatic rings. The van der Waals surface area contributed by atoms with Gasteiger partial charge in [0, 0.05) is 12.8 Å². The first kappa shape index (κ1) is 67.0. The van der Waals surface area contributed by atoms with Crippen LogP contribution in [0.1, 0.15) is 99.3 Å². The van der Waals surface area contributed by atoms with Crippen LogP contribution in [-0.4, -0.2) is 173 Å². The van der Waals surface area contributed by atoms with Gasteiger partial charge in [-0.1, -0.05) is 41.5 Å². The second kappa shape index (κ2) is 34.4. The fraction of sp³-hybridized carbons (Fsp3) is 0.705. The number of carbonyl (C=O) groups excluding carboxylic acids is 12. The molecule has 22 N–H and O–H groups in total. The fourth-order valence-electron chi connectivity index (χ4n) is 6.73. The predicted octanol–water partition coefficient (Wildman–Crippen LogP) is -7.73. The van der Waals surface area contributed by atoms with E-state index in [4.69, 9.17) is 33.8 Å². The van der Waals surface area contributed by atoms with Gasteiger partial charge in [0.15, 0.2) is 0 Å². The first-order chi connectivity index (χ1) is 34.5. The summed E-state index contributed by atoms with van der Waals surface area (Å²) in [5.74, 6) is -14.7. The third kappa shape index (κ3) is 26.1. The van der Waals surface area contributed by atoms with E-state index in [2.05, 4.69) is 42.5 Å². The predicted molar refractivity (Wildman–Crippen MR) is 261 cm³/mol. The number of hydrogen-bond donors (Lipinski definition) is 17. The van der Waals surface area contributed by atoms with E-state index in [0.717, 1.165) is 0 Å². The summed E-state index contributed by atoms with van der Waals surface area (Å²) in [5.41, 5.74) is 27.3. The summed E-state index contributed by atoms with van der Waals surface area (Å²) in [6.07, 6.45) is -1.41. The summed E-state index contributed by atoms with van der Waals surface area (Å²) in [5, 5.41) is 50.1. The van der Waals surface area contributed by atoms with Crippen molar-refractivity contribution < 1.29 is 77.6 Å². The van der Waals surface area contributed by atoms with Crippen molar-refractivity contribution in [3.05, 3.63) is 0 Å². The number of carboxylic acid groups (broad SMARTS) is 1. The molecule has 0 aromatic carbocycles. The van der Waals surface area contributed by atoms with Gasteiger partial charge in [-0.25, -0.2) is 0 Å². The number of carboxylic acids is 1. The van der Waals surface area contributed by atoms with Crippen molar-refractivity contribution in [1.82, 2.24) is 47.9 Å². The Morgan fingerprint density at radius 3 is 1.27 bits per heavy atom. The molecule has 0 fully saturated rings. The van der Waals surface area contributed by atoms with E-state index in [0.29, 0.717) is 6.42 Å². The molecule has 420 valence electrons. The Morgan fingerprint density at radius 1 is 0.446 bits per heavy atom. The zero-order valence-electron chi connectivity index (χ0n) is 42.7. The van der Waals surface area contributed by atoms with Crippen molar-refractivity contribution in [3.8, 4) is 0 Å². The summed E-state index contributed by atoms with van der Waals surface area (Å²) in [4.78, 5) is 166. The van der Waals surface area contributed by atoms with Gasteiger partial charge in [-0.3, -0.25) is 62.3 Å². The van der Waals surface area contributed by atoms with Crippen molar-refractivity contribution in [3.63, 3.8) is 0 Å². The maximum absolute atomic E-state index is 13.8. The molecule has 0 aliphatic heterocycles. The molecule has 0 saturated heterocycles. The monoisotopic (exact) mass is 1060 g/mol. The van der Waals surface area contributed by atoms with Crippen molar-refractivity contribution >= 4 is 76.9 Å². The van der Waals surface area contributed by atoms with Gasteiger partial charge in [-0.2, -0.15) is 0 Å². The number of aliphatic carboxylic acids is 1. The van der Waals surface area contributed by atoms with Crippen molar-refractivity contribution in [2.24, 2.45) is 46.4 Å². The Kier molecular flexibility index (Phi) is 31.1. The number of primary amides is 3. The van der Waals surface area contributed by atoms with Crippen LogP contribution in [0.4, 0.5) is 0 Å². The van der Waals surface area contributed by atoms with E-state index in [9.17, 15) is 72.5 Å². The molecule has 0 aromatic heterocycles. The van der Waals surface area contributed by atoms with Crippen LogP contribution in [-0.2, 0) is 62.3 Å². The molecule has 74 heavy (non-hydrogen) atoms. The largest absolute Gasteiger partial charge is 0.480 e. The van der Waals surface area contributed by atoms with Crippen molar-refractivity contribution in [2.75, 3.05) is 26.3 Å². The Balaban J connectivity index is 6.37. The number of hydrogen-bond acceptors (Lipinski definition) is 17. The van der Waals surface area contributed by atoms with Crippen LogP contribution in [0.25, 0.3) is 0 Å². The highest BCUT2D eigenvalue weighted by Crippen LogP contribution is 2.11. The quantitative estimate of drug-likeness (QED) is 0.0257. The summed E-state index contributed by atoms with van der Waals surface area (Å²) < 4.78 is 0. The normalized spacial score (nSPS) is 14.8. The van der Waals surface area contributed by atoms with Crippen LogP contribution in [0.2, 0.25) is 0 Å². The van der Waals surface area contributed by atoms with Gasteiger partial charge in [-0.05, 0) is 62.8 Å². The molecule has 0 rings (SSSR count). The minimum Gasteiger partial charge on any atom is -0.480 e. The molecule has 0 spiro atoms. The molecule has 0 saturated carbocycles. The molecule has 0 bridgehead atoms. The number of rotatable bonds is 37. The standard InChI is InChI=1S/C44H78N14O16/c1-20(2)15-26(53-36(66)23(46)10-12-30(47)61)40(70)57-34(21(3)4)43(73)54-27(16-32(49)63)39(69)51-24(9-7-8-14-45)38(68)55-29(19-60)42(72)58-35(22(5)6)44(74)56-28(18-59)41(71)52-25(11-13-31(48)62)37(67)50-17-33(64)65/h20-29,34-35,59-60H,7-19,45-46H2,1-6H3,(H2,47,61)(H2,48,62)(H2,49,63)(H,50,67)(H,51,69)(H,52,71)(H,53,66)(H,54,73)(H,55,68)(H,56,74)(H,57,70)(H,58,72)(H,64,65)/t23-,24-,25-,26-,27-,28-,29-,34-,35-/m0/s1. The lowest BCUT2D eigenvalue weighted by Gasteiger charge is -2.29. The molecule has 9 atom stereocenters.